The Morgan fingerprint density at radius 2 is 1.95 bits per heavy atom. The van der Waals surface area contributed by atoms with Gasteiger partial charge in [0.2, 0.25) is 5.91 Å². The van der Waals surface area contributed by atoms with Gasteiger partial charge in [-0.25, -0.2) is 4.98 Å². The molecule has 116 valence electrons. The van der Waals surface area contributed by atoms with Crippen molar-refractivity contribution in [3.63, 3.8) is 0 Å². The van der Waals surface area contributed by atoms with Crippen molar-refractivity contribution >= 4 is 17.4 Å². The fourth-order valence-corrected chi connectivity index (χ4v) is 2.11. The van der Waals surface area contributed by atoms with Crippen molar-refractivity contribution in [2.75, 3.05) is 17.2 Å². The summed E-state index contributed by atoms with van der Waals surface area (Å²) in [5.41, 5.74) is 2.05. The highest BCUT2D eigenvalue weighted by Crippen LogP contribution is 2.11. The summed E-state index contributed by atoms with van der Waals surface area (Å²) in [5, 5.41) is 6.14. The average molecular weight is 297 g/mol. The van der Waals surface area contributed by atoms with Crippen LogP contribution >= 0.6 is 0 Å². The summed E-state index contributed by atoms with van der Waals surface area (Å²) in [4.78, 5) is 15.9. The molecule has 1 aromatic carbocycles. The molecule has 0 aliphatic rings. The van der Waals surface area contributed by atoms with E-state index in [0.717, 1.165) is 37.3 Å². The zero-order valence-electron chi connectivity index (χ0n) is 13.0. The first-order valence-corrected chi connectivity index (χ1v) is 7.81. The Labute approximate surface area is 132 Å². The number of nitrogens with zero attached hydrogens (tertiary/aromatic N) is 1. The van der Waals surface area contributed by atoms with Gasteiger partial charge in [-0.15, -0.1) is 0 Å². The van der Waals surface area contributed by atoms with Gasteiger partial charge in [0.25, 0.3) is 0 Å². The monoisotopic (exact) mass is 297 g/mol. The third kappa shape index (κ3) is 5.56. The average Bonchev–Trinajstić information content (AvgIpc) is 2.55. The molecule has 0 aliphatic heterocycles. The predicted octanol–water partition coefficient (Wildman–Crippen LogP) is 3.86. The molecule has 2 aromatic rings. The summed E-state index contributed by atoms with van der Waals surface area (Å²) in [7, 11) is 0. The van der Waals surface area contributed by atoms with Crippen LogP contribution in [-0.2, 0) is 11.2 Å². The van der Waals surface area contributed by atoms with Gasteiger partial charge in [0.05, 0.1) is 11.9 Å². The quantitative estimate of drug-likeness (QED) is 0.778. The Morgan fingerprint density at radius 1 is 1.14 bits per heavy atom. The van der Waals surface area contributed by atoms with Gasteiger partial charge >= 0.3 is 0 Å². The number of amides is 1. The van der Waals surface area contributed by atoms with Crippen LogP contribution in [0.5, 0.6) is 0 Å². The van der Waals surface area contributed by atoms with Crippen molar-refractivity contribution < 1.29 is 4.79 Å². The lowest BCUT2D eigenvalue weighted by Crippen LogP contribution is -2.11. The van der Waals surface area contributed by atoms with Crippen LogP contribution in [0.4, 0.5) is 11.5 Å². The molecular weight excluding hydrogens is 274 g/mol. The minimum Gasteiger partial charge on any atom is -0.370 e. The number of carbonyl (C=O) groups is 1. The van der Waals surface area contributed by atoms with E-state index in [0.29, 0.717) is 6.42 Å². The standard InChI is InChI=1S/C18H23N3O/c1-2-3-9-18(22)21-16-10-11-17(20-14-16)19-13-12-15-7-5-4-6-8-15/h4-8,10-11,14H,2-3,9,12-13H2,1H3,(H,19,20)(H,21,22). The molecule has 0 saturated carbocycles. The zero-order valence-corrected chi connectivity index (χ0v) is 13.0. The second-order valence-electron chi connectivity index (χ2n) is 5.25. The molecule has 0 atom stereocenters. The highest BCUT2D eigenvalue weighted by atomic mass is 16.1. The molecule has 0 spiro atoms. The number of hydrogen-bond donors (Lipinski definition) is 2. The second kappa shape index (κ2) is 8.82. The Balaban J connectivity index is 1.75. The van der Waals surface area contributed by atoms with Crippen molar-refractivity contribution in [2.45, 2.75) is 32.6 Å². The van der Waals surface area contributed by atoms with Gasteiger partial charge in [0.15, 0.2) is 0 Å². The highest BCUT2D eigenvalue weighted by Gasteiger charge is 2.02. The largest absolute Gasteiger partial charge is 0.370 e. The van der Waals surface area contributed by atoms with Crippen LogP contribution in [0.1, 0.15) is 31.7 Å². The number of rotatable bonds is 8. The van der Waals surface area contributed by atoms with E-state index in [2.05, 4.69) is 34.7 Å². The van der Waals surface area contributed by atoms with Gasteiger partial charge in [0, 0.05) is 13.0 Å². The number of aromatic nitrogens is 1. The number of nitrogens with one attached hydrogen (secondary N) is 2. The highest BCUT2D eigenvalue weighted by molar-refractivity contribution is 5.90. The van der Waals surface area contributed by atoms with E-state index in [1.165, 1.54) is 5.56 Å². The first-order valence-electron chi connectivity index (χ1n) is 7.81. The van der Waals surface area contributed by atoms with E-state index in [1.54, 1.807) is 6.20 Å². The summed E-state index contributed by atoms with van der Waals surface area (Å²) in [6.45, 7) is 2.91. The van der Waals surface area contributed by atoms with Gasteiger partial charge in [-0.3, -0.25) is 4.79 Å². The van der Waals surface area contributed by atoms with Crippen molar-refractivity contribution in [1.82, 2.24) is 4.98 Å². The van der Waals surface area contributed by atoms with Crippen LogP contribution in [0.15, 0.2) is 48.7 Å². The van der Waals surface area contributed by atoms with Gasteiger partial charge in [-0.05, 0) is 30.5 Å². The van der Waals surface area contributed by atoms with Crippen LogP contribution in [0.2, 0.25) is 0 Å². The molecule has 2 N–H and O–H groups in total. The van der Waals surface area contributed by atoms with Crippen LogP contribution < -0.4 is 10.6 Å². The minimum atomic E-state index is 0.0495. The molecule has 1 aromatic heterocycles. The summed E-state index contributed by atoms with van der Waals surface area (Å²) in [6.07, 6.45) is 5.15. The predicted molar refractivity (Wildman–Crippen MR) is 91.0 cm³/mol. The summed E-state index contributed by atoms with van der Waals surface area (Å²) in [5.74, 6) is 0.871. The number of carbonyl (C=O) groups excluding carboxylic acids is 1. The maximum absolute atomic E-state index is 11.6. The summed E-state index contributed by atoms with van der Waals surface area (Å²) in [6, 6.07) is 14.1. The maximum atomic E-state index is 11.6. The Morgan fingerprint density at radius 3 is 2.64 bits per heavy atom. The van der Waals surface area contributed by atoms with E-state index < -0.39 is 0 Å². The third-order valence-corrected chi connectivity index (χ3v) is 3.37. The van der Waals surface area contributed by atoms with E-state index >= 15 is 0 Å². The van der Waals surface area contributed by atoms with Crippen molar-refractivity contribution in [3.05, 3.63) is 54.2 Å². The van der Waals surface area contributed by atoms with Crippen LogP contribution in [0.3, 0.4) is 0 Å². The van der Waals surface area contributed by atoms with Crippen molar-refractivity contribution in [3.8, 4) is 0 Å². The Kier molecular flexibility index (Phi) is 6.42. The summed E-state index contributed by atoms with van der Waals surface area (Å²) < 4.78 is 0. The molecule has 0 radical (unpaired) electrons. The molecule has 0 bridgehead atoms. The maximum Gasteiger partial charge on any atom is 0.224 e. The van der Waals surface area contributed by atoms with E-state index in [-0.39, 0.29) is 5.91 Å². The topological polar surface area (TPSA) is 54.0 Å². The van der Waals surface area contributed by atoms with Gasteiger partial charge in [-0.1, -0.05) is 43.7 Å². The van der Waals surface area contributed by atoms with Gasteiger partial charge in [0.1, 0.15) is 5.82 Å². The summed E-state index contributed by atoms with van der Waals surface area (Å²) >= 11 is 0. The Hall–Kier alpha value is -2.36. The molecule has 0 fully saturated rings. The number of anilines is 2. The number of unbranched alkanes of at least 4 members (excludes halogenated alkanes) is 1. The fraction of sp³-hybridized carbons (Fsp3) is 0.333. The third-order valence-electron chi connectivity index (χ3n) is 3.37. The lowest BCUT2D eigenvalue weighted by atomic mass is 10.1. The molecular formula is C18H23N3O. The smallest absolute Gasteiger partial charge is 0.224 e. The number of pyridine rings is 1. The lowest BCUT2D eigenvalue weighted by Gasteiger charge is -2.08. The SMILES string of the molecule is CCCCC(=O)Nc1ccc(NCCc2ccccc2)nc1. The van der Waals surface area contributed by atoms with E-state index in [9.17, 15) is 4.79 Å². The van der Waals surface area contributed by atoms with Crippen molar-refractivity contribution in [2.24, 2.45) is 0 Å². The fourth-order valence-electron chi connectivity index (χ4n) is 2.11. The molecule has 4 heteroatoms. The van der Waals surface area contributed by atoms with Crippen LogP contribution in [-0.4, -0.2) is 17.4 Å². The molecule has 0 saturated heterocycles. The van der Waals surface area contributed by atoms with Crippen molar-refractivity contribution in [1.29, 1.82) is 0 Å². The lowest BCUT2D eigenvalue weighted by molar-refractivity contribution is -0.116. The van der Waals surface area contributed by atoms with Crippen LogP contribution in [0, 0.1) is 0 Å². The molecule has 22 heavy (non-hydrogen) atoms. The normalized spacial score (nSPS) is 10.2. The first-order chi connectivity index (χ1) is 10.8. The van der Waals surface area contributed by atoms with Crippen LogP contribution in [0.25, 0.3) is 0 Å². The van der Waals surface area contributed by atoms with E-state index in [1.807, 2.05) is 30.3 Å². The van der Waals surface area contributed by atoms with Gasteiger partial charge < -0.3 is 10.6 Å². The zero-order chi connectivity index (χ0) is 15.6. The first kappa shape index (κ1) is 16.0. The second-order valence-corrected chi connectivity index (χ2v) is 5.25. The number of benzene rings is 1. The molecule has 0 unspecified atom stereocenters. The minimum absolute atomic E-state index is 0.0495. The van der Waals surface area contributed by atoms with E-state index in [4.69, 9.17) is 0 Å². The molecule has 4 nitrogen and oxygen atoms in total. The molecule has 0 aliphatic carbocycles. The molecule has 2 rings (SSSR count). The molecule has 1 heterocycles. The number of hydrogen-bond acceptors (Lipinski definition) is 3. The Bertz CT molecular complexity index is 567. The molecule has 1 amide bonds. The van der Waals surface area contributed by atoms with Gasteiger partial charge in [-0.2, -0.15) is 0 Å².